The average Bonchev–Trinajstić information content (AvgIpc) is 3.38. The highest BCUT2D eigenvalue weighted by atomic mass is 16.5. The molecule has 35 heavy (non-hydrogen) atoms. The van der Waals surface area contributed by atoms with Crippen LogP contribution in [0, 0.1) is 0 Å². The molecule has 174 valence electrons. The van der Waals surface area contributed by atoms with Crippen LogP contribution in [-0.2, 0) is 6.61 Å². The first-order valence-corrected chi connectivity index (χ1v) is 11.8. The molecule has 0 N–H and O–H groups in total. The zero-order valence-corrected chi connectivity index (χ0v) is 19.5. The molecule has 0 fully saturated rings. The molecule has 0 aliphatic carbocycles. The van der Waals surface area contributed by atoms with E-state index in [1.807, 2.05) is 54.6 Å². The number of para-hydroxylation sites is 1. The van der Waals surface area contributed by atoms with E-state index in [1.54, 1.807) is 7.11 Å². The third-order valence-electron chi connectivity index (χ3n) is 6.54. The molecule has 0 saturated heterocycles. The zero-order valence-electron chi connectivity index (χ0n) is 19.5. The average molecular weight is 463 g/mol. The van der Waals surface area contributed by atoms with Crippen molar-refractivity contribution in [1.29, 1.82) is 0 Å². The van der Waals surface area contributed by atoms with Gasteiger partial charge < -0.3 is 14.2 Å². The summed E-state index contributed by atoms with van der Waals surface area (Å²) in [5.74, 6) is 2.58. The maximum atomic E-state index is 6.48. The first kappa shape index (κ1) is 21.3. The van der Waals surface area contributed by atoms with Gasteiger partial charge in [0.25, 0.3) is 0 Å². The molecule has 2 atom stereocenters. The number of hydrogen-bond acceptors (Lipinski definition) is 5. The van der Waals surface area contributed by atoms with Gasteiger partial charge in [-0.1, -0.05) is 48.5 Å². The predicted octanol–water partition coefficient (Wildman–Crippen LogP) is 6.52. The normalized spacial score (nSPS) is 18.2. The molecule has 0 amide bonds. The first-order chi connectivity index (χ1) is 17.3. The minimum atomic E-state index is -0.311. The van der Waals surface area contributed by atoms with Crippen molar-refractivity contribution < 1.29 is 14.2 Å². The maximum absolute atomic E-state index is 6.48. The topological polar surface area (TPSA) is 43.3 Å². The van der Waals surface area contributed by atoms with Crippen LogP contribution in [0.4, 0.5) is 0 Å². The Morgan fingerprint density at radius 3 is 2.31 bits per heavy atom. The zero-order chi connectivity index (χ0) is 23.6. The number of hydrogen-bond donors (Lipinski definition) is 0. The molecule has 5 heteroatoms. The van der Waals surface area contributed by atoms with E-state index < -0.39 is 0 Å². The Balaban J connectivity index is 1.27. The van der Waals surface area contributed by atoms with Gasteiger partial charge in [-0.05, 0) is 65.7 Å². The number of rotatable bonds is 6. The lowest BCUT2D eigenvalue weighted by atomic mass is 9.96. The molecule has 2 aliphatic rings. The molecule has 0 saturated carbocycles. The van der Waals surface area contributed by atoms with Crippen LogP contribution in [0.2, 0.25) is 0 Å². The highest BCUT2D eigenvalue weighted by Gasteiger charge is 2.40. The number of ether oxygens (including phenoxy) is 3. The fourth-order valence-corrected chi connectivity index (χ4v) is 4.68. The molecular weight excluding hydrogens is 436 g/mol. The van der Waals surface area contributed by atoms with Crippen molar-refractivity contribution in [2.75, 3.05) is 7.11 Å². The Labute approximate surface area is 205 Å². The smallest absolute Gasteiger partial charge is 0.213 e. The molecular formula is C30H26N2O3. The molecule has 5 nitrogen and oxygen atoms in total. The molecule has 2 aliphatic heterocycles. The predicted molar refractivity (Wildman–Crippen MR) is 136 cm³/mol. The number of fused-ring (bicyclic) bond motifs is 3. The van der Waals surface area contributed by atoms with Crippen molar-refractivity contribution in [2.24, 2.45) is 5.10 Å². The number of benzene rings is 4. The standard InChI is InChI=1S/C30H26N2O3/c1-33-24-15-11-22(12-16-24)27-19-28-26-9-5-6-10-29(26)35-30(32(28)31-27)23-13-17-25(18-14-23)34-20-21-7-3-2-4-8-21/h2-18,28,30H,19-20H2,1H3/t28-,30-/m1/s1. The van der Waals surface area contributed by atoms with Gasteiger partial charge in [-0.25, -0.2) is 5.01 Å². The maximum Gasteiger partial charge on any atom is 0.213 e. The van der Waals surface area contributed by atoms with Crippen LogP contribution in [0.1, 0.15) is 40.9 Å². The van der Waals surface area contributed by atoms with Crippen molar-refractivity contribution in [3.63, 3.8) is 0 Å². The molecule has 0 unspecified atom stereocenters. The second-order valence-electron chi connectivity index (χ2n) is 8.73. The van der Waals surface area contributed by atoms with E-state index in [2.05, 4.69) is 53.5 Å². The number of nitrogens with zero attached hydrogens (tertiary/aromatic N) is 2. The van der Waals surface area contributed by atoms with Crippen molar-refractivity contribution in [2.45, 2.75) is 25.3 Å². The van der Waals surface area contributed by atoms with Gasteiger partial charge in [0.05, 0.1) is 18.9 Å². The molecule has 4 aromatic carbocycles. The lowest BCUT2D eigenvalue weighted by Crippen LogP contribution is -2.33. The minimum Gasteiger partial charge on any atom is -0.497 e. The van der Waals surface area contributed by atoms with Gasteiger partial charge in [0.2, 0.25) is 6.23 Å². The van der Waals surface area contributed by atoms with E-state index in [0.29, 0.717) is 6.61 Å². The third kappa shape index (κ3) is 4.21. The summed E-state index contributed by atoms with van der Waals surface area (Å²) < 4.78 is 17.8. The fraction of sp³-hybridized carbons (Fsp3) is 0.167. The summed E-state index contributed by atoms with van der Waals surface area (Å²) in [5.41, 5.74) is 5.49. The van der Waals surface area contributed by atoms with Crippen molar-refractivity contribution in [3.05, 3.63) is 125 Å². The monoisotopic (exact) mass is 462 g/mol. The summed E-state index contributed by atoms with van der Waals surface area (Å²) in [6, 6.07) is 34.8. The van der Waals surface area contributed by atoms with Crippen LogP contribution in [-0.4, -0.2) is 17.8 Å². The van der Waals surface area contributed by atoms with Crippen LogP contribution in [0.5, 0.6) is 17.2 Å². The van der Waals surface area contributed by atoms with Gasteiger partial charge in [0, 0.05) is 17.5 Å². The number of methoxy groups -OCH3 is 1. The van der Waals surface area contributed by atoms with Gasteiger partial charge in [-0.2, -0.15) is 5.10 Å². The van der Waals surface area contributed by atoms with Crippen molar-refractivity contribution in [1.82, 2.24) is 5.01 Å². The Bertz CT molecular complexity index is 1330. The summed E-state index contributed by atoms with van der Waals surface area (Å²) in [4.78, 5) is 0. The quantitative estimate of drug-likeness (QED) is 0.327. The Morgan fingerprint density at radius 1 is 0.829 bits per heavy atom. The molecule has 0 aromatic heterocycles. The highest BCUT2D eigenvalue weighted by Crippen LogP contribution is 2.47. The van der Waals surface area contributed by atoms with E-state index in [1.165, 1.54) is 5.56 Å². The van der Waals surface area contributed by atoms with Crippen molar-refractivity contribution >= 4 is 5.71 Å². The summed E-state index contributed by atoms with van der Waals surface area (Å²) in [7, 11) is 1.68. The van der Waals surface area contributed by atoms with Crippen LogP contribution >= 0.6 is 0 Å². The van der Waals surface area contributed by atoms with E-state index in [-0.39, 0.29) is 12.3 Å². The molecule has 6 rings (SSSR count). The van der Waals surface area contributed by atoms with E-state index in [0.717, 1.165) is 46.1 Å². The van der Waals surface area contributed by atoms with Gasteiger partial charge in [-0.15, -0.1) is 0 Å². The van der Waals surface area contributed by atoms with Crippen molar-refractivity contribution in [3.8, 4) is 17.2 Å². The first-order valence-electron chi connectivity index (χ1n) is 11.8. The molecule has 4 aromatic rings. The minimum absolute atomic E-state index is 0.121. The fourth-order valence-electron chi connectivity index (χ4n) is 4.68. The van der Waals surface area contributed by atoms with Crippen LogP contribution < -0.4 is 14.2 Å². The summed E-state index contributed by atoms with van der Waals surface area (Å²) in [6.07, 6.45) is 0.510. The highest BCUT2D eigenvalue weighted by molar-refractivity contribution is 6.02. The van der Waals surface area contributed by atoms with Crippen LogP contribution in [0.3, 0.4) is 0 Å². The van der Waals surface area contributed by atoms with Gasteiger partial charge in [0.15, 0.2) is 0 Å². The van der Waals surface area contributed by atoms with E-state index in [9.17, 15) is 0 Å². The molecule has 0 spiro atoms. The van der Waals surface area contributed by atoms with Crippen LogP contribution in [0.25, 0.3) is 0 Å². The Hall–Kier alpha value is -4.25. The molecule has 0 radical (unpaired) electrons. The summed E-state index contributed by atoms with van der Waals surface area (Å²) in [5, 5.41) is 7.14. The second-order valence-corrected chi connectivity index (χ2v) is 8.73. The molecule has 0 bridgehead atoms. The third-order valence-corrected chi connectivity index (χ3v) is 6.54. The van der Waals surface area contributed by atoms with Gasteiger partial charge >= 0.3 is 0 Å². The Kier molecular flexibility index (Phi) is 5.59. The Morgan fingerprint density at radius 2 is 1.54 bits per heavy atom. The summed E-state index contributed by atoms with van der Waals surface area (Å²) >= 11 is 0. The summed E-state index contributed by atoms with van der Waals surface area (Å²) in [6.45, 7) is 0.539. The molecule has 2 heterocycles. The SMILES string of the molecule is COc1ccc(C2=NN3[C@H](C2)c2ccccc2O[C@@H]3c2ccc(OCc3ccccc3)cc2)cc1. The lowest BCUT2D eigenvalue weighted by molar-refractivity contribution is -0.0190. The van der Waals surface area contributed by atoms with E-state index in [4.69, 9.17) is 19.3 Å². The lowest BCUT2D eigenvalue weighted by Gasteiger charge is -2.38. The number of hydrazone groups is 1. The van der Waals surface area contributed by atoms with Gasteiger partial charge in [-0.3, -0.25) is 0 Å². The van der Waals surface area contributed by atoms with Crippen LogP contribution in [0.15, 0.2) is 108 Å². The van der Waals surface area contributed by atoms with Gasteiger partial charge in [0.1, 0.15) is 23.9 Å². The van der Waals surface area contributed by atoms with E-state index >= 15 is 0 Å². The second kappa shape index (κ2) is 9.18. The largest absolute Gasteiger partial charge is 0.497 e.